The van der Waals surface area contributed by atoms with E-state index in [-0.39, 0.29) is 23.7 Å². The van der Waals surface area contributed by atoms with Gasteiger partial charge in [0.2, 0.25) is 5.91 Å². The standard InChI is InChI=1S/C13H19N3O3/c1-4-14-13(17)10(3)15-9(2)11-5-7-12(8-6-11)16(18)19/h5-10,15H,4H2,1-3H3,(H,14,17). The Kier molecular flexibility index (Phi) is 5.44. The van der Waals surface area contributed by atoms with Gasteiger partial charge in [0.15, 0.2) is 0 Å². The maximum Gasteiger partial charge on any atom is 0.269 e. The molecule has 0 saturated heterocycles. The first kappa shape index (κ1) is 15.1. The number of non-ortho nitro benzene ring substituents is 1. The predicted octanol–water partition coefficient (Wildman–Crippen LogP) is 1.77. The Balaban J connectivity index is 2.65. The maximum absolute atomic E-state index is 11.6. The first-order valence-corrected chi connectivity index (χ1v) is 6.23. The topological polar surface area (TPSA) is 84.3 Å². The Hall–Kier alpha value is -1.95. The molecule has 0 bridgehead atoms. The molecule has 0 radical (unpaired) electrons. The third kappa shape index (κ3) is 4.33. The van der Waals surface area contributed by atoms with Gasteiger partial charge >= 0.3 is 0 Å². The molecule has 0 fully saturated rings. The first-order valence-electron chi connectivity index (χ1n) is 6.23. The molecule has 1 aromatic rings. The van der Waals surface area contributed by atoms with Crippen LogP contribution in [0, 0.1) is 10.1 Å². The molecule has 2 atom stereocenters. The van der Waals surface area contributed by atoms with Gasteiger partial charge in [-0.3, -0.25) is 20.2 Å². The van der Waals surface area contributed by atoms with Gasteiger partial charge < -0.3 is 5.32 Å². The molecule has 2 N–H and O–H groups in total. The molecule has 1 amide bonds. The van der Waals surface area contributed by atoms with E-state index in [4.69, 9.17) is 0 Å². The second-order valence-corrected chi connectivity index (χ2v) is 4.35. The van der Waals surface area contributed by atoms with Crippen molar-refractivity contribution in [2.45, 2.75) is 32.9 Å². The number of carbonyl (C=O) groups is 1. The third-order valence-electron chi connectivity index (χ3n) is 2.85. The Labute approximate surface area is 112 Å². The third-order valence-corrected chi connectivity index (χ3v) is 2.85. The lowest BCUT2D eigenvalue weighted by Crippen LogP contribution is -2.43. The molecule has 0 aliphatic rings. The van der Waals surface area contributed by atoms with E-state index in [9.17, 15) is 14.9 Å². The summed E-state index contributed by atoms with van der Waals surface area (Å²) in [4.78, 5) is 21.7. The van der Waals surface area contributed by atoms with Gasteiger partial charge in [0, 0.05) is 24.7 Å². The fourth-order valence-electron chi connectivity index (χ4n) is 1.76. The highest BCUT2D eigenvalue weighted by molar-refractivity contribution is 5.81. The van der Waals surface area contributed by atoms with Gasteiger partial charge in [-0.25, -0.2) is 0 Å². The zero-order valence-corrected chi connectivity index (χ0v) is 11.3. The molecule has 1 aromatic carbocycles. The lowest BCUT2D eigenvalue weighted by Gasteiger charge is -2.19. The number of nitro groups is 1. The van der Waals surface area contributed by atoms with Gasteiger partial charge in [-0.15, -0.1) is 0 Å². The van der Waals surface area contributed by atoms with Crippen LogP contribution in [0.4, 0.5) is 5.69 Å². The van der Waals surface area contributed by atoms with Gasteiger partial charge in [-0.1, -0.05) is 12.1 Å². The van der Waals surface area contributed by atoms with E-state index in [1.54, 1.807) is 19.1 Å². The number of carbonyl (C=O) groups excluding carboxylic acids is 1. The van der Waals surface area contributed by atoms with Crippen LogP contribution in [0.25, 0.3) is 0 Å². The molecule has 2 unspecified atom stereocenters. The minimum atomic E-state index is -0.431. The second kappa shape index (κ2) is 6.84. The number of nitrogens with zero attached hydrogens (tertiary/aromatic N) is 1. The molecule has 0 heterocycles. The number of hydrogen-bond acceptors (Lipinski definition) is 4. The smallest absolute Gasteiger partial charge is 0.269 e. The molecule has 0 spiro atoms. The van der Waals surface area contributed by atoms with Crippen LogP contribution in [0.15, 0.2) is 24.3 Å². The van der Waals surface area contributed by atoms with Gasteiger partial charge in [0.25, 0.3) is 5.69 Å². The molecule has 6 nitrogen and oxygen atoms in total. The summed E-state index contributed by atoms with van der Waals surface area (Å²) in [5.74, 6) is -0.0590. The molecule has 104 valence electrons. The van der Waals surface area contributed by atoms with Crippen LogP contribution >= 0.6 is 0 Å². The summed E-state index contributed by atoms with van der Waals surface area (Å²) in [6, 6.07) is 5.94. The van der Waals surface area contributed by atoms with Crippen LogP contribution in [0.3, 0.4) is 0 Å². The summed E-state index contributed by atoms with van der Waals surface area (Å²) in [7, 11) is 0. The zero-order valence-electron chi connectivity index (χ0n) is 11.3. The largest absolute Gasteiger partial charge is 0.355 e. The van der Waals surface area contributed by atoms with E-state index in [1.165, 1.54) is 12.1 Å². The van der Waals surface area contributed by atoms with Crippen molar-refractivity contribution in [2.24, 2.45) is 0 Å². The fraction of sp³-hybridized carbons (Fsp3) is 0.462. The van der Waals surface area contributed by atoms with Crippen molar-refractivity contribution >= 4 is 11.6 Å². The van der Waals surface area contributed by atoms with Crippen molar-refractivity contribution in [3.63, 3.8) is 0 Å². The second-order valence-electron chi connectivity index (χ2n) is 4.35. The summed E-state index contributed by atoms with van der Waals surface area (Å²) in [5, 5.41) is 16.4. The number of rotatable bonds is 6. The summed E-state index contributed by atoms with van der Waals surface area (Å²) in [6.07, 6.45) is 0. The summed E-state index contributed by atoms with van der Waals surface area (Å²) in [6.45, 7) is 6.16. The fourth-order valence-corrected chi connectivity index (χ4v) is 1.76. The molecular weight excluding hydrogens is 246 g/mol. The Morgan fingerprint density at radius 3 is 2.37 bits per heavy atom. The van der Waals surface area contributed by atoms with Crippen molar-refractivity contribution in [1.82, 2.24) is 10.6 Å². The molecule has 0 aliphatic heterocycles. The van der Waals surface area contributed by atoms with E-state index < -0.39 is 4.92 Å². The van der Waals surface area contributed by atoms with E-state index >= 15 is 0 Å². The van der Waals surface area contributed by atoms with Crippen LogP contribution in [-0.2, 0) is 4.79 Å². The van der Waals surface area contributed by atoms with Crippen LogP contribution in [0.1, 0.15) is 32.4 Å². The molecule has 0 aliphatic carbocycles. The van der Waals surface area contributed by atoms with E-state index in [1.807, 2.05) is 13.8 Å². The zero-order chi connectivity index (χ0) is 14.4. The van der Waals surface area contributed by atoms with Crippen molar-refractivity contribution < 1.29 is 9.72 Å². The normalized spacial score (nSPS) is 13.6. The van der Waals surface area contributed by atoms with E-state index in [2.05, 4.69) is 10.6 Å². The van der Waals surface area contributed by atoms with Crippen molar-refractivity contribution in [3.05, 3.63) is 39.9 Å². The predicted molar refractivity (Wildman–Crippen MR) is 72.8 cm³/mol. The highest BCUT2D eigenvalue weighted by Gasteiger charge is 2.16. The Morgan fingerprint density at radius 1 is 1.32 bits per heavy atom. The van der Waals surface area contributed by atoms with Gasteiger partial charge in [0.05, 0.1) is 11.0 Å². The van der Waals surface area contributed by atoms with Crippen LogP contribution in [-0.4, -0.2) is 23.4 Å². The average molecular weight is 265 g/mol. The molecular formula is C13H19N3O3. The molecule has 0 aromatic heterocycles. The van der Waals surface area contributed by atoms with E-state index in [0.717, 1.165) is 5.56 Å². The lowest BCUT2D eigenvalue weighted by molar-refractivity contribution is -0.384. The Bertz CT molecular complexity index is 445. The van der Waals surface area contributed by atoms with Crippen molar-refractivity contribution in [1.29, 1.82) is 0 Å². The lowest BCUT2D eigenvalue weighted by atomic mass is 10.1. The Morgan fingerprint density at radius 2 is 1.89 bits per heavy atom. The van der Waals surface area contributed by atoms with Gasteiger partial charge in [-0.2, -0.15) is 0 Å². The SMILES string of the molecule is CCNC(=O)C(C)NC(C)c1ccc([N+](=O)[O-])cc1. The number of nitro benzene ring substituents is 1. The number of hydrogen-bond donors (Lipinski definition) is 2. The molecule has 6 heteroatoms. The summed E-state index contributed by atoms with van der Waals surface area (Å²) < 4.78 is 0. The highest BCUT2D eigenvalue weighted by Crippen LogP contribution is 2.17. The van der Waals surface area contributed by atoms with Crippen LogP contribution in [0.5, 0.6) is 0 Å². The molecule has 19 heavy (non-hydrogen) atoms. The minimum Gasteiger partial charge on any atom is -0.355 e. The number of nitrogens with one attached hydrogen (secondary N) is 2. The minimum absolute atomic E-state index is 0.0570. The number of likely N-dealkylation sites (N-methyl/N-ethyl adjacent to an activating group) is 1. The van der Waals surface area contributed by atoms with E-state index in [0.29, 0.717) is 6.54 Å². The summed E-state index contributed by atoms with van der Waals surface area (Å²) >= 11 is 0. The molecule has 0 saturated carbocycles. The van der Waals surface area contributed by atoms with Gasteiger partial charge in [-0.05, 0) is 26.3 Å². The monoisotopic (exact) mass is 265 g/mol. The quantitative estimate of drug-likeness (QED) is 0.606. The van der Waals surface area contributed by atoms with Crippen LogP contribution < -0.4 is 10.6 Å². The summed E-state index contributed by atoms with van der Waals surface area (Å²) in [5.41, 5.74) is 0.967. The molecule has 1 rings (SSSR count). The number of benzene rings is 1. The first-order chi connectivity index (χ1) is 8.95. The number of amides is 1. The van der Waals surface area contributed by atoms with Crippen molar-refractivity contribution in [2.75, 3.05) is 6.54 Å². The highest BCUT2D eigenvalue weighted by atomic mass is 16.6. The van der Waals surface area contributed by atoms with Crippen molar-refractivity contribution in [3.8, 4) is 0 Å². The maximum atomic E-state index is 11.6. The van der Waals surface area contributed by atoms with Crippen LogP contribution in [0.2, 0.25) is 0 Å². The average Bonchev–Trinajstić information content (AvgIpc) is 2.38. The van der Waals surface area contributed by atoms with Gasteiger partial charge in [0.1, 0.15) is 0 Å².